The molecule has 3 aromatic rings. The van der Waals surface area contributed by atoms with E-state index in [4.69, 9.17) is 9.47 Å². The van der Waals surface area contributed by atoms with E-state index < -0.39 is 41.0 Å². The van der Waals surface area contributed by atoms with Crippen LogP contribution < -0.4 is 20.1 Å². The number of fused-ring (bicyclic) bond motifs is 4. The van der Waals surface area contributed by atoms with Crippen LogP contribution in [-0.2, 0) is 32.8 Å². The van der Waals surface area contributed by atoms with E-state index in [1.54, 1.807) is 43.5 Å². The Morgan fingerprint density at radius 3 is 2.38 bits per heavy atom. The molecule has 0 saturated carbocycles. The lowest BCUT2D eigenvalue weighted by Gasteiger charge is -2.29. The number of halogens is 1. The van der Waals surface area contributed by atoms with Gasteiger partial charge < -0.3 is 19.9 Å². The van der Waals surface area contributed by atoms with Crippen LogP contribution in [0.25, 0.3) is 0 Å². The summed E-state index contributed by atoms with van der Waals surface area (Å²) in [6.45, 7) is 0.111. The monoisotopic (exact) mass is 545 g/mol. The number of anilines is 1. The van der Waals surface area contributed by atoms with Gasteiger partial charge in [-0.25, -0.2) is 4.39 Å². The molecular formula is C30H28FN3O6. The number of imide groups is 1. The van der Waals surface area contributed by atoms with E-state index in [0.717, 1.165) is 11.1 Å². The van der Waals surface area contributed by atoms with E-state index in [2.05, 4.69) is 10.6 Å². The average Bonchev–Trinajstić information content (AvgIpc) is 3.52. The van der Waals surface area contributed by atoms with Gasteiger partial charge in [0, 0.05) is 23.8 Å². The largest absolute Gasteiger partial charge is 0.508 e. The summed E-state index contributed by atoms with van der Waals surface area (Å²) in [5.74, 6) is -2.56. The molecule has 9 nitrogen and oxygen atoms in total. The highest BCUT2D eigenvalue weighted by Gasteiger charge is 2.70. The highest BCUT2D eigenvalue weighted by Crippen LogP contribution is 2.53. The molecule has 40 heavy (non-hydrogen) atoms. The quantitative estimate of drug-likeness (QED) is 0.391. The Morgan fingerprint density at radius 1 is 0.925 bits per heavy atom. The Labute approximate surface area is 229 Å². The lowest BCUT2D eigenvalue weighted by Crippen LogP contribution is -2.53. The molecule has 3 aliphatic rings. The van der Waals surface area contributed by atoms with Gasteiger partial charge in [0.1, 0.15) is 17.1 Å². The second kappa shape index (κ2) is 9.63. The molecule has 1 spiro atoms. The van der Waals surface area contributed by atoms with Crippen molar-refractivity contribution in [3.05, 3.63) is 83.2 Å². The number of nitrogens with zero attached hydrogens (tertiary/aromatic N) is 1. The zero-order valence-electron chi connectivity index (χ0n) is 21.9. The topological polar surface area (TPSA) is 117 Å². The Kier molecular flexibility index (Phi) is 6.22. The highest BCUT2D eigenvalue weighted by atomic mass is 19.1. The maximum atomic E-state index is 14.5. The summed E-state index contributed by atoms with van der Waals surface area (Å²) < 4.78 is 25.1. The molecule has 0 bridgehead atoms. The predicted octanol–water partition coefficient (Wildman–Crippen LogP) is 2.75. The van der Waals surface area contributed by atoms with Crippen molar-refractivity contribution in [2.75, 3.05) is 26.1 Å². The van der Waals surface area contributed by atoms with E-state index in [-0.39, 0.29) is 18.2 Å². The van der Waals surface area contributed by atoms with Crippen molar-refractivity contribution >= 4 is 23.4 Å². The zero-order valence-corrected chi connectivity index (χ0v) is 21.9. The Bertz CT molecular complexity index is 1530. The van der Waals surface area contributed by atoms with Crippen molar-refractivity contribution in [2.45, 2.75) is 24.4 Å². The van der Waals surface area contributed by atoms with Crippen molar-refractivity contribution in [2.24, 2.45) is 11.8 Å². The van der Waals surface area contributed by atoms with Crippen LogP contribution in [0, 0.1) is 17.7 Å². The second-order valence-electron chi connectivity index (χ2n) is 10.3. The summed E-state index contributed by atoms with van der Waals surface area (Å²) in [5.41, 5.74) is 0.799. The van der Waals surface area contributed by atoms with Gasteiger partial charge in [0.05, 0.1) is 26.1 Å². The first kappa shape index (κ1) is 25.8. The summed E-state index contributed by atoms with van der Waals surface area (Å²) in [7, 11) is 3.07. The van der Waals surface area contributed by atoms with Crippen LogP contribution in [0.5, 0.6) is 17.2 Å². The number of amides is 3. The minimum absolute atomic E-state index is 0.102. The molecule has 0 aliphatic carbocycles. The van der Waals surface area contributed by atoms with E-state index in [1.807, 2.05) is 6.07 Å². The van der Waals surface area contributed by atoms with Crippen LogP contribution >= 0.6 is 0 Å². The van der Waals surface area contributed by atoms with Gasteiger partial charge in [0.25, 0.3) is 0 Å². The van der Waals surface area contributed by atoms with Crippen LogP contribution in [-0.4, -0.2) is 54.5 Å². The summed E-state index contributed by atoms with van der Waals surface area (Å²) in [6, 6.07) is 15.3. The molecule has 3 aliphatic heterocycles. The smallest absolute Gasteiger partial charge is 0.250 e. The van der Waals surface area contributed by atoms with Gasteiger partial charge in [-0.3, -0.25) is 24.6 Å². The number of rotatable bonds is 7. The molecule has 2 fully saturated rings. The second-order valence-corrected chi connectivity index (χ2v) is 10.3. The minimum atomic E-state index is -1.59. The van der Waals surface area contributed by atoms with E-state index in [9.17, 15) is 23.9 Å². The first-order chi connectivity index (χ1) is 19.3. The number of phenols is 1. The maximum absolute atomic E-state index is 14.5. The summed E-state index contributed by atoms with van der Waals surface area (Å²) in [5, 5.41) is 15.8. The number of methoxy groups -OCH3 is 2. The van der Waals surface area contributed by atoms with Crippen molar-refractivity contribution in [3.63, 3.8) is 0 Å². The number of ether oxygens (including phenoxy) is 2. The Hall–Kier alpha value is -4.44. The molecule has 3 heterocycles. The number of carbonyl (C=O) groups excluding carboxylic acids is 3. The van der Waals surface area contributed by atoms with Crippen LogP contribution in [0.3, 0.4) is 0 Å². The first-order valence-electron chi connectivity index (χ1n) is 13.0. The number of carbonyl (C=O) groups is 3. The molecule has 0 radical (unpaired) electrons. The predicted molar refractivity (Wildman–Crippen MR) is 142 cm³/mol. The van der Waals surface area contributed by atoms with Crippen molar-refractivity contribution in [3.8, 4) is 17.2 Å². The Morgan fingerprint density at radius 2 is 1.65 bits per heavy atom. The fraction of sp³-hybridized carbons (Fsp3) is 0.300. The third-order valence-corrected chi connectivity index (χ3v) is 8.23. The van der Waals surface area contributed by atoms with Crippen LogP contribution in [0.1, 0.15) is 16.7 Å². The fourth-order valence-electron chi connectivity index (χ4n) is 6.39. The Balaban J connectivity index is 1.36. The highest BCUT2D eigenvalue weighted by molar-refractivity contribution is 6.15. The lowest BCUT2D eigenvalue weighted by atomic mass is 9.76. The molecule has 2 saturated heterocycles. The molecule has 4 atom stereocenters. The molecular weight excluding hydrogens is 517 g/mol. The molecule has 3 N–H and O–H groups in total. The summed E-state index contributed by atoms with van der Waals surface area (Å²) in [4.78, 5) is 42.7. The van der Waals surface area contributed by atoms with Crippen LogP contribution in [0.15, 0.2) is 60.7 Å². The normalized spacial score (nSPS) is 24.8. The van der Waals surface area contributed by atoms with Gasteiger partial charge in [-0.1, -0.05) is 18.2 Å². The molecule has 206 valence electrons. The van der Waals surface area contributed by atoms with E-state index in [0.29, 0.717) is 35.6 Å². The van der Waals surface area contributed by atoms with Crippen molar-refractivity contribution in [1.82, 2.24) is 10.2 Å². The number of phenolic OH excluding ortho intramolecular Hbond substituents is 1. The molecule has 0 aromatic heterocycles. The SMILES string of the molecule is COc1ccc(CCN2C(=O)[C@H]3[C@H](Cc4ccc(O)cc4)N[C@]4(C(=O)Nc5ccc(F)cc54)[C@@H]3C2=O)cc1OC. The maximum Gasteiger partial charge on any atom is 0.250 e. The summed E-state index contributed by atoms with van der Waals surface area (Å²) >= 11 is 0. The fourth-order valence-corrected chi connectivity index (χ4v) is 6.39. The van der Waals surface area contributed by atoms with Gasteiger partial charge in [-0.15, -0.1) is 0 Å². The average molecular weight is 546 g/mol. The molecule has 6 rings (SSSR count). The number of benzene rings is 3. The van der Waals surface area contributed by atoms with Crippen LogP contribution in [0.4, 0.5) is 10.1 Å². The minimum Gasteiger partial charge on any atom is -0.508 e. The standard InChI is InChI=1S/C30H28FN3O6/c1-39-23-10-5-17(14-24(23)40-2)11-12-34-27(36)25-22(13-16-3-7-19(35)8-4-16)33-30(26(25)28(34)37)20-15-18(31)6-9-21(20)32-29(30)38/h3-10,14-15,22,25-26,33,35H,11-13H2,1-2H3,(H,32,38)/t22-,25-,26-,30-/m0/s1. The van der Waals surface area contributed by atoms with Gasteiger partial charge in [-0.05, 0) is 66.4 Å². The number of aromatic hydroxyl groups is 1. The molecule has 0 unspecified atom stereocenters. The first-order valence-corrected chi connectivity index (χ1v) is 13.0. The van der Waals surface area contributed by atoms with Gasteiger partial charge in [0.15, 0.2) is 11.5 Å². The molecule has 3 amide bonds. The number of likely N-dealkylation sites (tertiary alicyclic amines) is 1. The number of hydrogen-bond acceptors (Lipinski definition) is 7. The lowest BCUT2D eigenvalue weighted by molar-refractivity contribution is -0.142. The van der Waals surface area contributed by atoms with Gasteiger partial charge >= 0.3 is 0 Å². The molecule has 3 aromatic carbocycles. The zero-order chi connectivity index (χ0) is 28.2. The number of hydrogen-bond donors (Lipinski definition) is 3. The van der Waals surface area contributed by atoms with E-state index >= 15 is 0 Å². The van der Waals surface area contributed by atoms with Gasteiger partial charge in [-0.2, -0.15) is 0 Å². The summed E-state index contributed by atoms with van der Waals surface area (Å²) in [6.07, 6.45) is 0.696. The third-order valence-electron chi connectivity index (χ3n) is 8.23. The van der Waals surface area contributed by atoms with Gasteiger partial charge in [0.2, 0.25) is 17.7 Å². The molecule has 10 heteroatoms. The van der Waals surface area contributed by atoms with E-state index in [1.165, 1.54) is 30.2 Å². The van der Waals surface area contributed by atoms with Crippen molar-refractivity contribution < 1.29 is 33.4 Å². The van der Waals surface area contributed by atoms with Crippen molar-refractivity contribution in [1.29, 1.82) is 0 Å². The third kappa shape index (κ3) is 3.90. The number of nitrogens with one attached hydrogen (secondary N) is 2. The van der Waals surface area contributed by atoms with Crippen LogP contribution in [0.2, 0.25) is 0 Å².